The van der Waals surface area contributed by atoms with Gasteiger partial charge in [0.15, 0.2) is 0 Å². The second-order valence-electron chi connectivity index (χ2n) is 8.71. The van der Waals surface area contributed by atoms with Crippen LogP contribution in [0, 0.1) is 0 Å². The average molecular weight is 621 g/mol. The summed E-state index contributed by atoms with van der Waals surface area (Å²) in [5.74, 6) is -1.18. The fraction of sp³-hybridized carbons (Fsp3) is 0. The Morgan fingerprint density at radius 2 is 0.857 bits per heavy atom. The maximum atomic E-state index is 13.1. The second kappa shape index (κ2) is 13.3. The predicted octanol–water partition coefficient (Wildman–Crippen LogP) is -1.69. The van der Waals surface area contributed by atoms with E-state index in [1.807, 2.05) is 0 Å². The van der Waals surface area contributed by atoms with Crippen molar-refractivity contribution >= 4 is 65.0 Å². The number of rotatable bonds is 6. The maximum absolute atomic E-state index is 13.1. The molecule has 0 fully saturated rings. The van der Waals surface area contributed by atoms with Gasteiger partial charge in [-0.25, -0.2) is 16.8 Å². The molecule has 42 heavy (non-hydrogen) atoms. The average Bonchev–Trinajstić information content (AvgIpc) is 2.92. The molecule has 0 aliphatic rings. The second-order valence-corrected chi connectivity index (χ2v) is 11.4. The van der Waals surface area contributed by atoms with Gasteiger partial charge in [-0.1, -0.05) is 54.6 Å². The van der Waals surface area contributed by atoms with E-state index in [4.69, 9.17) is 0 Å². The number of hydrogen-bond donors (Lipinski definition) is 2. The number of amides is 2. The first-order valence-corrected chi connectivity index (χ1v) is 14.4. The molecular formula is C28H18N2Na2O8S2. The summed E-state index contributed by atoms with van der Waals surface area (Å²) in [5.41, 5.74) is 0.773. The van der Waals surface area contributed by atoms with E-state index < -0.39 is 41.8 Å². The van der Waals surface area contributed by atoms with Crippen molar-refractivity contribution in [2.75, 3.05) is 10.6 Å². The van der Waals surface area contributed by atoms with Crippen LogP contribution in [0.5, 0.6) is 0 Å². The minimum atomic E-state index is -4.74. The molecule has 0 saturated carbocycles. The molecule has 0 aromatic heterocycles. The van der Waals surface area contributed by atoms with Gasteiger partial charge in [-0.2, -0.15) is 0 Å². The van der Waals surface area contributed by atoms with Crippen LogP contribution in [-0.4, -0.2) is 37.8 Å². The number of anilines is 2. The van der Waals surface area contributed by atoms with Crippen molar-refractivity contribution in [3.8, 4) is 0 Å². The SMILES string of the molecule is O=C(Nc1ccc(S(=O)(=O)[O-])c2ccccc12)c1cccc(C(=O)Nc2ccc(S(=O)(=O)[O-])c3ccccc23)c1.[Na+].[Na+]. The zero-order chi connectivity index (χ0) is 28.7. The predicted molar refractivity (Wildman–Crippen MR) is 146 cm³/mol. The van der Waals surface area contributed by atoms with Gasteiger partial charge in [0.25, 0.3) is 11.8 Å². The Morgan fingerprint density at radius 3 is 1.21 bits per heavy atom. The molecule has 202 valence electrons. The third-order valence-corrected chi connectivity index (χ3v) is 7.98. The van der Waals surface area contributed by atoms with Crippen LogP contribution in [-0.2, 0) is 20.2 Å². The van der Waals surface area contributed by atoms with E-state index >= 15 is 0 Å². The van der Waals surface area contributed by atoms with E-state index in [2.05, 4.69) is 10.6 Å². The molecule has 0 saturated heterocycles. The zero-order valence-electron chi connectivity index (χ0n) is 22.3. The number of fused-ring (bicyclic) bond motifs is 2. The first-order chi connectivity index (χ1) is 18.9. The number of carbonyl (C=O) groups excluding carboxylic acids is 2. The Hall–Kier alpha value is -2.62. The summed E-state index contributed by atoms with van der Waals surface area (Å²) in [6.07, 6.45) is 0. The van der Waals surface area contributed by atoms with Gasteiger partial charge >= 0.3 is 59.1 Å². The van der Waals surface area contributed by atoms with Gasteiger partial charge < -0.3 is 19.7 Å². The van der Waals surface area contributed by atoms with E-state index in [9.17, 15) is 35.5 Å². The Labute approximate surface area is 285 Å². The van der Waals surface area contributed by atoms with Gasteiger partial charge in [-0.3, -0.25) is 9.59 Å². The molecule has 5 aromatic carbocycles. The van der Waals surface area contributed by atoms with Crippen molar-refractivity contribution in [1.29, 1.82) is 0 Å². The summed E-state index contributed by atoms with van der Waals surface area (Å²) < 4.78 is 69.9. The molecule has 14 heteroatoms. The molecule has 2 N–H and O–H groups in total. The van der Waals surface area contributed by atoms with Crippen molar-refractivity contribution in [3.05, 3.63) is 108 Å². The molecule has 0 bridgehead atoms. The summed E-state index contributed by atoms with van der Waals surface area (Å²) in [6.45, 7) is 0. The molecule has 0 aliphatic carbocycles. The number of hydrogen-bond acceptors (Lipinski definition) is 8. The molecule has 0 spiro atoms. The van der Waals surface area contributed by atoms with E-state index in [0.717, 1.165) is 12.1 Å². The quantitative estimate of drug-likeness (QED) is 0.167. The van der Waals surface area contributed by atoms with Gasteiger partial charge in [0.2, 0.25) is 0 Å². The third kappa shape index (κ3) is 7.12. The fourth-order valence-corrected chi connectivity index (χ4v) is 5.75. The first kappa shape index (κ1) is 33.9. The van der Waals surface area contributed by atoms with Crippen LogP contribution in [0.15, 0.2) is 107 Å². The standard InChI is InChI=1S/C28H20N2O8S2.2Na/c31-27(29-23-12-14-25(39(33,34)35)21-10-3-1-8-19(21)23)17-6-5-7-18(16-17)28(32)30-24-13-15-26(40(36,37)38)22-11-4-2-9-20(22)24;;/h1-16H,(H,29,31)(H,30,32)(H,33,34,35)(H,36,37,38);;/q;2*+1/p-2. The van der Waals surface area contributed by atoms with Crippen molar-refractivity contribution < 1.29 is 94.6 Å². The van der Waals surface area contributed by atoms with Crippen LogP contribution in [0.4, 0.5) is 11.4 Å². The van der Waals surface area contributed by atoms with Crippen LogP contribution < -0.4 is 69.7 Å². The molecule has 5 rings (SSSR count). The van der Waals surface area contributed by atoms with Crippen molar-refractivity contribution in [1.82, 2.24) is 0 Å². The normalized spacial score (nSPS) is 11.3. The summed E-state index contributed by atoms with van der Waals surface area (Å²) >= 11 is 0. The summed E-state index contributed by atoms with van der Waals surface area (Å²) in [4.78, 5) is 25.3. The number of benzene rings is 5. The van der Waals surface area contributed by atoms with E-state index in [1.54, 1.807) is 36.4 Å². The van der Waals surface area contributed by atoms with Crippen LogP contribution in [0.3, 0.4) is 0 Å². The Balaban J connectivity index is 0.00000242. The van der Waals surface area contributed by atoms with E-state index in [0.29, 0.717) is 10.8 Å². The third-order valence-electron chi connectivity index (χ3n) is 6.19. The summed E-state index contributed by atoms with van der Waals surface area (Å²) in [6, 6.07) is 23.2. The fourth-order valence-electron chi connectivity index (χ4n) is 4.39. The number of nitrogens with one attached hydrogen (secondary N) is 2. The monoisotopic (exact) mass is 620 g/mol. The summed E-state index contributed by atoms with van der Waals surface area (Å²) in [7, 11) is -9.49. The minimum absolute atomic E-state index is 0. The number of carbonyl (C=O) groups is 2. The molecule has 0 atom stereocenters. The van der Waals surface area contributed by atoms with Crippen molar-refractivity contribution in [3.63, 3.8) is 0 Å². The van der Waals surface area contributed by atoms with Gasteiger partial charge in [-0.15, -0.1) is 0 Å². The van der Waals surface area contributed by atoms with Gasteiger partial charge in [0, 0.05) is 44.0 Å². The Morgan fingerprint density at radius 1 is 0.500 bits per heavy atom. The molecule has 0 radical (unpaired) electrons. The molecule has 5 aromatic rings. The zero-order valence-corrected chi connectivity index (χ0v) is 28.0. The molecule has 0 unspecified atom stereocenters. The Bertz CT molecular complexity index is 1920. The molecular weight excluding hydrogens is 602 g/mol. The summed E-state index contributed by atoms with van der Waals surface area (Å²) in [5, 5.41) is 6.38. The smallest absolute Gasteiger partial charge is 0.744 e. The van der Waals surface area contributed by atoms with Gasteiger partial charge in [-0.05, 0) is 42.5 Å². The van der Waals surface area contributed by atoms with Gasteiger partial charge in [0.05, 0.1) is 9.79 Å². The van der Waals surface area contributed by atoms with E-state index in [1.165, 1.54) is 48.5 Å². The molecule has 2 amide bonds. The van der Waals surface area contributed by atoms with E-state index in [-0.39, 0.29) is 92.4 Å². The maximum Gasteiger partial charge on any atom is 1.00 e. The van der Waals surface area contributed by atoms with Crippen LogP contribution in [0.1, 0.15) is 20.7 Å². The van der Waals surface area contributed by atoms with Crippen LogP contribution >= 0.6 is 0 Å². The topological polar surface area (TPSA) is 173 Å². The van der Waals surface area contributed by atoms with Gasteiger partial charge in [0.1, 0.15) is 20.2 Å². The Kier molecular flexibility index (Phi) is 10.8. The van der Waals surface area contributed by atoms with Crippen molar-refractivity contribution in [2.45, 2.75) is 9.79 Å². The molecule has 0 aliphatic heterocycles. The first-order valence-electron chi connectivity index (χ1n) is 11.6. The largest absolute Gasteiger partial charge is 1.00 e. The van der Waals surface area contributed by atoms with Crippen LogP contribution in [0.2, 0.25) is 0 Å². The molecule has 0 heterocycles. The van der Waals surface area contributed by atoms with Crippen LogP contribution in [0.25, 0.3) is 21.5 Å². The van der Waals surface area contributed by atoms with Crippen molar-refractivity contribution in [2.24, 2.45) is 0 Å². The minimum Gasteiger partial charge on any atom is -0.744 e. The molecule has 10 nitrogen and oxygen atoms in total.